The molecule has 0 amide bonds. The molecule has 1 saturated carbocycles. The zero-order valence-corrected chi connectivity index (χ0v) is 21.7. The molecule has 0 unspecified atom stereocenters. The quantitative estimate of drug-likeness (QED) is 0.201. The molecular weight excluding hydrogens is 525 g/mol. The summed E-state index contributed by atoms with van der Waals surface area (Å²) in [6, 6.07) is 7.15. The number of aromatic amines is 1. The third-order valence-electron chi connectivity index (χ3n) is 6.64. The van der Waals surface area contributed by atoms with Crippen LogP contribution in [-0.4, -0.2) is 34.7 Å². The topological polar surface area (TPSA) is 82.2 Å². The number of hydrogen-bond donors (Lipinski definition) is 3. The predicted octanol–water partition coefficient (Wildman–Crippen LogP) is 6.79. The number of phenols is 1. The van der Waals surface area contributed by atoms with Crippen molar-refractivity contribution < 1.29 is 23.1 Å². The minimum Gasteiger partial charge on any atom is -0.507 e. The van der Waals surface area contributed by atoms with Crippen LogP contribution >= 0.6 is 23.4 Å². The normalized spacial score (nSPS) is 14.8. The van der Waals surface area contributed by atoms with Crippen molar-refractivity contribution in [3.05, 3.63) is 57.3 Å². The molecule has 1 fully saturated rings. The average Bonchev–Trinajstić information content (AvgIpc) is 2.86. The maximum atomic E-state index is 13.5. The lowest BCUT2D eigenvalue weighted by atomic mass is 9.89. The molecule has 0 atom stereocenters. The lowest BCUT2D eigenvalue weighted by molar-refractivity contribution is -0.137. The van der Waals surface area contributed by atoms with Gasteiger partial charge in [-0.25, -0.2) is 0 Å². The fourth-order valence-corrected chi connectivity index (χ4v) is 5.88. The second-order valence-corrected chi connectivity index (χ2v) is 10.8. The molecule has 0 radical (unpaired) electrons. The molecule has 37 heavy (non-hydrogen) atoms. The number of nitrogens with one attached hydrogen (secondary N) is 2. The van der Waals surface area contributed by atoms with Crippen LogP contribution in [0.15, 0.2) is 46.1 Å². The molecule has 0 saturated heterocycles. The van der Waals surface area contributed by atoms with E-state index in [1.807, 2.05) is 0 Å². The first kappa shape index (κ1) is 27.5. The molecule has 3 N–H and O–H groups in total. The van der Waals surface area contributed by atoms with E-state index in [-0.39, 0.29) is 55.7 Å². The van der Waals surface area contributed by atoms with Gasteiger partial charge in [0.1, 0.15) is 11.5 Å². The molecule has 1 heterocycles. The summed E-state index contributed by atoms with van der Waals surface area (Å²) in [4.78, 5) is 28.3. The molecular formula is C27H28ClF3N2O3S. The van der Waals surface area contributed by atoms with Crippen LogP contribution in [-0.2, 0) is 11.0 Å². The van der Waals surface area contributed by atoms with Crippen LogP contribution in [0.25, 0.3) is 22.0 Å². The van der Waals surface area contributed by atoms with Gasteiger partial charge in [-0.15, -0.1) is 11.8 Å². The Hall–Kier alpha value is -2.49. The summed E-state index contributed by atoms with van der Waals surface area (Å²) >= 11 is 7.07. The second kappa shape index (κ2) is 11.9. The lowest BCUT2D eigenvalue weighted by Crippen LogP contribution is -2.26. The number of aromatic hydroxyl groups is 1. The maximum absolute atomic E-state index is 13.5. The number of H-pyrrole nitrogens is 1. The highest BCUT2D eigenvalue weighted by atomic mass is 35.5. The van der Waals surface area contributed by atoms with Gasteiger partial charge in [-0.3, -0.25) is 9.59 Å². The highest BCUT2D eigenvalue weighted by molar-refractivity contribution is 8.00. The van der Waals surface area contributed by atoms with Crippen LogP contribution in [0, 0.1) is 5.92 Å². The van der Waals surface area contributed by atoms with Crippen molar-refractivity contribution in [3.63, 3.8) is 0 Å². The Kier molecular flexibility index (Phi) is 8.87. The van der Waals surface area contributed by atoms with Gasteiger partial charge in [-0.1, -0.05) is 30.9 Å². The summed E-state index contributed by atoms with van der Waals surface area (Å²) < 4.78 is 40.5. The molecule has 0 bridgehead atoms. The number of aromatic nitrogens is 1. The summed E-state index contributed by atoms with van der Waals surface area (Å²) in [5.41, 5.74) is -1.05. The number of rotatable bonds is 9. The summed E-state index contributed by atoms with van der Waals surface area (Å²) in [6.45, 7) is 1.41. The number of hydrogen-bond acceptors (Lipinski definition) is 5. The highest BCUT2D eigenvalue weighted by Crippen LogP contribution is 2.42. The monoisotopic (exact) mass is 552 g/mol. The SMILES string of the molecule is O=C(CCNCC1CCCCC1)CSc1c(-c2cc(Cl)ccc2O)c2cc(C(F)(F)F)ccc2[nH]c1=O. The van der Waals surface area contributed by atoms with Crippen molar-refractivity contribution >= 4 is 40.0 Å². The van der Waals surface area contributed by atoms with Gasteiger partial charge in [0, 0.05) is 40.0 Å². The van der Waals surface area contributed by atoms with Crippen molar-refractivity contribution in [2.24, 2.45) is 5.92 Å². The standard InChI is InChI=1S/C27H28ClF3N2O3S/c28-18-7-9-23(35)21(13-18)24-20-12-17(27(29,30)31)6-8-22(20)33-26(36)25(24)37-15-19(34)10-11-32-14-16-4-2-1-3-5-16/h6-9,12-13,16,32,35H,1-5,10-11,14-15H2,(H,33,36). The van der Waals surface area contributed by atoms with Gasteiger partial charge in [-0.2, -0.15) is 13.2 Å². The number of alkyl halides is 3. The van der Waals surface area contributed by atoms with Crippen LogP contribution in [0.4, 0.5) is 13.2 Å². The van der Waals surface area contributed by atoms with Gasteiger partial charge >= 0.3 is 6.18 Å². The molecule has 1 aromatic heterocycles. The Labute approximate surface area is 221 Å². The number of benzene rings is 2. The first-order valence-electron chi connectivity index (χ1n) is 12.2. The van der Waals surface area contributed by atoms with Gasteiger partial charge < -0.3 is 15.4 Å². The minimum atomic E-state index is -4.61. The molecule has 2 aromatic carbocycles. The van der Waals surface area contributed by atoms with Gasteiger partial charge in [0.25, 0.3) is 5.56 Å². The predicted molar refractivity (Wildman–Crippen MR) is 141 cm³/mol. The molecule has 5 nitrogen and oxygen atoms in total. The van der Waals surface area contributed by atoms with E-state index in [4.69, 9.17) is 11.6 Å². The van der Waals surface area contributed by atoms with Crippen molar-refractivity contribution in [2.45, 2.75) is 49.6 Å². The first-order chi connectivity index (χ1) is 17.6. The van der Waals surface area contributed by atoms with Crippen LogP contribution in [0.5, 0.6) is 5.75 Å². The van der Waals surface area contributed by atoms with E-state index in [0.29, 0.717) is 12.5 Å². The zero-order valence-electron chi connectivity index (χ0n) is 20.1. The van der Waals surface area contributed by atoms with Crippen LogP contribution in [0.2, 0.25) is 5.02 Å². The Morgan fingerprint density at radius 1 is 1.14 bits per heavy atom. The summed E-state index contributed by atoms with van der Waals surface area (Å²) in [7, 11) is 0. The summed E-state index contributed by atoms with van der Waals surface area (Å²) in [6.07, 6.45) is 1.86. The number of fused-ring (bicyclic) bond motifs is 1. The zero-order chi connectivity index (χ0) is 26.6. The van der Waals surface area contributed by atoms with E-state index in [9.17, 15) is 27.9 Å². The Morgan fingerprint density at radius 2 is 1.89 bits per heavy atom. The van der Waals surface area contributed by atoms with Crippen LogP contribution < -0.4 is 10.9 Å². The average molecular weight is 553 g/mol. The van der Waals surface area contributed by atoms with Crippen LogP contribution in [0.1, 0.15) is 44.1 Å². The molecule has 3 aromatic rings. The Bertz CT molecular complexity index is 1340. The van der Waals surface area contributed by atoms with E-state index < -0.39 is 17.3 Å². The number of pyridine rings is 1. The van der Waals surface area contributed by atoms with E-state index in [1.54, 1.807) is 0 Å². The molecule has 10 heteroatoms. The lowest BCUT2D eigenvalue weighted by Gasteiger charge is -2.21. The summed E-state index contributed by atoms with van der Waals surface area (Å²) in [5, 5.41) is 14.2. The smallest absolute Gasteiger partial charge is 0.416 e. The van der Waals surface area contributed by atoms with Gasteiger partial charge in [0.2, 0.25) is 0 Å². The van der Waals surface area contributed by atoms with Gasteiger partial charge in [0.05, 0.1) is 16.2 Å². The molecule has 4 rings (SSSR count). The van der Waals surface area contributed by atoms with Gasteiger partial charge in [-0.05, 0) is 61.7 Å². The first-order valence-corrected chi connectivity index (χ1v) is 13.6. The maximum Gasteiger partial charge on any atom is 0.416 e. The number of Topliss-reactive ketones (excluding diaryl/α,β-unsaturated/α-hetero) is 1. The van der Waals surface area contributed by atoms with E-state index in [2.05, 4.69) is 10.3 Å². The van der Waals surface area contributed by atoms with E-state index >= 15 is 0 Å². The molecule has 1 aliphatic rings. The third kappa shape index (κ3) is 6.89. The van der Waals surface area contributed by atoms with Crippen LogP contribution in [0.3, 0.4) is 0 Å². The fourth-order valence-electron chi connectivity index (χ4n) is 4.72. The van der Waals surface area contributed by atoms with Gasteiger partial charge in [0.15, 0.2) is 0 Å². The third-order valence-corrected chi connectivity index (χ3v) is 8.02. The molecule has 0 aliphatic heterocycles. The largest absolute Gasteiger partial charge is 0.507 e. The van der Waals surface area contributed by atoms with Crippen molar-refractivity contribution in [1.82, 2.24) is 10.3 Å². The number of carbonyl (C=O) groups is 1. The summed E-state index contributed by atoms with van der Waals surface area (Å²) in [5.74, 6) is 0.274. The number of ketones is 1. The molecule has 1 aliphatic carbocycles. The minimum absolute atomic E-state index is 0.0347. The number of thioether (sulfide) groups is 1. The van der Waals surface area contributed by atoms with Crippen molar-refractivity contribution in [2.75, 3.05) is 18.8 Å². The molecule has 198 valence electrons. The Morgan fingerprint density at radius 3 is 2.62 bits per heavy atom. The van der Waals surface area contributed by atoms with E-state index in [0.717, 1.165) is 30.4 Å². The highest BCUT2D eigenvalue weighted by Gasteiger charge is 2.31. The Balaban J connectivity index is 1.60. The van der Waals surface area contributed by atoms with Crippen molar-refractivity contribution in [1.29, 1.82) is 0 Å². The van der Waals surface area contributed by atoms with Crippen molar-refractivity contribution in [3.8, 4) is 16.9 Å². The number of carbonyl (C=O) groups excluding carboxylic acids is 1. The van der Waals surface area contributed by atoms with E-state index in [1.165, 1.54) is 56.4 Å². The second-order valence-electron chi connectivity index (χ2n) is 9.36. The molecule has 0 spiro atoms. The number of halogens is 4. The number of phenolic OH excluding ortho intramolecular Hbond substituents is 1. The fraction of sp³-hybridized carbons (Fsp3) is 0.407.